The molecule has 0 fully saturated rings. The van der Waals surface area contributed by atoms with Crippen molar-refractivity contribution in [3.63, 3.8) is 0 Å². The van der Waals surface area contributed by atoms with Crippen LogP contribution in [0.1, 0.15) is 20.8 Å². The minimum atomic E-state index is -0.560. The van der Waals surface area contributed by atoms with Crippen LogP contribution < -0.4 is 15.3 Å². The van der Waals surface area contributed by atoms with E-state index >= 15 is 0 Å². The summed E-state index contributed by atoms with van der Waals surface area (Å²) in [6.45, 7) is 3.89. The predicted molar refractivity (Wildman–Crippen MR) is 103 cm³/mol. The molecule has 0 aliphatic carbocycles. The number of anilines is 1. The summed E-state index contributed by atoms with van der Waals surface area (Å²) in [7, 11) is 0. The van der Waals surface area contributed by atoms with Crippen molar-refractivity contribution in [3.8, 4) is 16.9 Å². The van der Waals surface area contributed by atoms with Gasteiger partial charge in [-0.3, -0.25) is 19.3 Å². The Hall–Kier alpha value is -3.74. The third kappa shape index (κ3) is 3.83. The van der Waals surface area contributed by atoms with E-state index in [1.54, 1.807) is 42.5 Å². The first-order valence-corrected chi connectivity index (χ1v) is 8.44. The molecule has 3 rings (SSSR count). The SMILES string of the molecule is CC(=O)Oc1ccc2cc(-c3ccc(N(C(C)=O)C(C)=O)cc3)c(=O)oc2c1. The van der Waals surface area contributed by atoms with Gasteiger partial charge in [0.1, 0.15) is 11.3 Å². The minimum Gasteiger partial charge on any atom is -0.427 e. The van der Waals surface area contributed by atoms with E-state index in [1.165, 1.54) is 26.8 Å². The molecule has 0 bridgehead atoms. The van der Waals surface area contributed by atoms with Crippen molar-refractivity contribution in [2.75, 3.05) is 4.90 Å². The molecule has 2 aromatic carbocycles. The Morgan fingerprint density at radius 1 is 0.893 bits per heavy atom. The Bertz CT molecular complexity index is 1130. The van der Waals surface area contributed by atoms with Crippen molar-refractivity contribution in [2.45, 2.75) is 20.8 Å². The largest absolute Gasteiger partial charge is 0.427 e. The maximum absolute atomic E-state index is 12.4. The molecule has 142 valence electrons. The van der Waals surface area contributed by atoms with Crippen LogP contribution in [-0.2, 0) is 14.4 Å². The van der Waals surface area contributed by atoms with E-state index in [0.717, 1.165) is 4.90 Å². The highest BCUT2D eigenvalue weighted by Gasteiger charge is 2.16. The smallest absolute Gasteiger partial charge is 0.344 e. The molecule has 0 radical (unpaired) electrons. The average molecular weight is 379 g/mol. The van der Waals surface area contributed by atoms with Crippen LogP contribution in [0.4, 0.5) is 5.69 Å². The number of benzene rings is 2. The predicted octanol–water partition coefficient (Wildman–Crippen LogP) is 3.28. The summed E-state index contributed by atoms with van der Waals surface area (Å²) in [6, 6.07) is 12.9. The highest BCUT2D eigenvalue weighted by molar-refractivity contribution is 6.13. The number of carbonyl (C=O) groups excluding carboxylic acids is 3. The maximum Gasteiger partial charge on any atom is 0.344 e. The van der Waals surface area contributed by atoms with Gasteiger partial charge in [0.15, 0.2) is 0 Å². The number of hydrogen-bond donors (Lipinski definition) is 0. The second-order valence-corrected chi connectivity index (χ2v) is 6.16. The van der Waals surface area contributed by atoms with E-state index in [9.17, 15) is 19.2 Å². The molecule has 1 aromatic heterocycles. The third-order valence-electron chi connectivity index (χ3n) is 4.04. The topological polar surface area (TPSA) is 93.9 Å². The van der Waals surface area contributed by atoms with Gasteiger partial charge in [-0.15, -0.1) is 0 Å². The van der Waals surface area contributed by atoms with E-state index in [0.29, 0.717) is 27.8 Å². The van der Waals surface area contributed by atoms with Gasteiger partial charge < -0.3 is 9.15 Å². The summed E-state index contributed by atoms with van der Waals surface area (Å²) >= 11 is 0. The van der Waals surface area contributed by atoms with Crippen molar-refractivity contribution < 1.29 is 23.5 Å². The summed E-state index contributed by atoms with van der Waals surface area (Å²) in [4.78, 5) is 47.8. The molecule has 0 aliphatic rings. The standard InChI is InChI=1S/C21H17NO6/c1-12(23)22(13(2)24)17-7-4-15(5-8-17)19-10-16-6-9-18(27-14(3)25)11-20(16)28-21(19)26/h4-11H,1-3H3. The normalized spacial score (nSPS) is 10.5. The van der Waals surface area contributed by atoms with Crippen LogP contribution in [-0.4, -0.2) is 17.8 Å². The lowest BCUT2D eigenvalue weighted by Gasteiger charge is -2.17. The molecule has 0 aliphatic heterocycles. The molecule has 1 heterocycles. The highest BCUT2D eigenvalue weighted by Crippen LogP contribution is 2.26. The highest BCUT2D eigenvalue weighted by atomic mass is 16.5. The molecular weight excluding hydrogens is 362 g/mol. The molecule has 7 heteroatoms. The summed E-state index contributed by atoms with van der Waals surface area (Å²) in [5, 5.41) is 0.656. The van der Waals surface area contributed by atoms with Crippen LogP contribution >= 0.6 is 0 Å². The lowest BCUT2D eigenvalue weighted by Crippen LogP contribution is -2.32. The summed E-state index contributed by atoms with van der Waals surface area (Å²) < 4.78 is 10.3. The lowest BCUT2D eigenvalue weighted by molar-refractivity contribution is -0.132. The second kappa shape index (κ2) is 7.48. The van der Waals surface area contributed by atoms with Gasteiger partial charge in [0.2, 0.25) is 11.8 Å². The number of imide groups is 1. The number of ether oxygens (including phenoxy) is 1. The Morgan fingerprint density at radius 2 is 1.54 bits per heavy atom. The van der Waals surface area contributed by atoms with Crippen LogP contribution in [0.25, 0.3) is 22.1 Å². The van der Waals surface area contributed by atoms with Gasteiger partial charge in [0.25, 0.3) is 0 Å². The third-order valence-corrected chi connectivity index (χ3v) is 4.04. The zero-order chi connectivity index (χ0) is 20.4. The van der Waals surface area contributed by atoms with Gasteiger partial charge in [-0.25, -0.2) is 4.79 Å². The van der Waals surface area contributed by atoms with Crippen LogP contribution in [0, 0.1) is 0 Å². The molecular formula is C21H17NO6. The number of esters is 1. The Kier molecular flexibility index (Phi) is 5.08. The molecule has 0 saturated heterocycles. The molecule has 0 N–H and O–H groups in total. The van der Waals surface area contributed by atoms with Gasteiger partial charge >= 0.3 is 11.6 Å². The molecule has 2 amide bonds. The van der Waals surface area contributed by atoms with E-state index in [4.69, 9.17) is 9.15 Å². The summed E-state index contributed by atoms with van der Waals surface area (Å²) in [6.07, 6.45) is 0. The minimum absolute atomic E-state index is 0.286. The lowest BCUT2D eigenvalue weighted by atomic mass is 10.1. The number of rotatable bonds is 3. The number of carbonyl (C=O) groups is 3. The fraction of sp³-hybridized carbons (Fsp3) is 0.143. The zero-order valence-electron chi connectivity index (χ0n) is 15.5. The zero-order valence-corrected chi connectivity index (χ0v) is 15.5. The van der Waals surface area contributed by atoms with Crippen LogP contribution in [0.15, 0.2) is 57.7 Å². The molecule has 0 unspecified atom stereocenters. The molecule has 28 heavy (non-hydrogen) atoms. The van der Waals surface area contributed by atoms with Gasteiger partial charge in [0.05, 0.1) is 11.3 Å². The summed E-state index contributed by atoms with van der Waals surface area (Å²) in [5.41, 5.74) is 1.06. The van der Waals surface area contributed by atoms with Gasteiger partial charge in [0, 0.05) is 32.2 Å². The number of amides is 2. The van der Waals surface area contributed by atoms with Crippen molar-refractivity contribution in [3.05, 3.63) is 59.0 Å². The Morgan fingerprint density at radius 3 is 2.11 bits per heavy atom. The van der Waals surface area contributed by atoms with E-state index in [2.05, 4.69) is 0 Å². The molecule has 3 aromatic rings. The first-order chi connectivity index (χ1) is 13.3. The van der Waals surface area contributed by atoms with Gasteiger partial charge in [-0.1, -0.05) is 12.1 Å². The number of nitrogens with zero attached hydrogens (tertiary/aromatic N) is 1. The molecule has 7 nitrogen and oxygen atoms in total. The second-order valence-electron chi connectivity index (χ2n) is 6.16. The van der Waals surface area contributed by atoms with Gasteiger partial charge in [-0.2, -0.15) is 0 Å². The number of hydrogen-bond acceptors (Lipinski definition) is 6. The van der Waals surface area contributed by atoms with Crippen molar-refractivity contribution in [1.29, 1.82) is 0 Å². The Balaban J connectivity index is 2.00. The van der Waals surface area contributed by atoms with Crippen molar-refractivity contribution in [1.82, 2.24) is 0 Å². The van der Waals surface area contributed by atoms with E-state index in [-0.39, 0.29) is 5.75 Å². The molecule has 0 saturated carbocycles. The molecule has 0 spiro atoms. The van der Waals surface area contributed by atoms with E-state index < -0.39 is 23.4 Å². The fourth-order valence-corrected chi connectivity index (χ4v) is 2.90. The fourth-order valence-electron chi connectivity index (χ4n) is 2.90. The van der Waals surface area contributed by atoms with Crippen LogP contribution in [0.2, 0.25) is 0 Å². The quantitative estimate of drug-likeness (QED) is 0.394. The van der Waals surface area contributed by atoms with Crippen LogP contribution in [0.5, 0.6) is 5.75 Å². The molecule has 0 atom stereocenters. The maximum atomic E-state index is 12.4. The van der Waals surface area contributed by atoms with Crippen LogP contribution in [0.3, 0.4) is 0 Å². The monoisotopic (exact) mass is 379 g/mol. The number of fused-ring (bicyclic) bond motifs is 1. The summed E-state index contributed by atoms with van der Waals surface area (Å²) in [5.74, 6) is -0.972. The van der Waals surface area contributed by atoms with Crippen molar-refractivity contribution >= 4 is 34.4 Å². The average Bonchev–Trinajstić information content (AvgIpc) is 2.61. The first-order valence-electron chi connectivity index (χ1n) is 8.44. The van der Waals surface area contributed by atoms with Crippen molar-refractivity contribution in [2.24, 2.45) is 0 Å². The van der Waals surface area contributed by atoms with E-state index in [1.807, 2.05) is 0 Å². The van der Waals surface area contributed by atoms with Gasteiger partial charge in [-0.05, 0) is 35.9 Å². The Labute approximate surface area is 160 Å². The first kappa shape index (κ1) is 19.0.